The molecule has 1 aromatic carbocycles. The molecule has 0 unspecified atom stereocenters. The molecule has 1 aromatic rings. The number of benzene rings is 1. The van der Waals surface area contributed by atoms with E-state index in [4.69, 9.17) is 9.47 Å². The summed E-state index contributed by atoms with van der Waals surface area (Å²) >= 11 is 0. The van der Waals surface area contributed by atoms with Crippen LogP contribution in [-0.2, 0) is 24.8 Å². The second-order valence-electron chi connectivity index (χ2n) is 12.0. The number of fused-ring (bicyclic) bond motifs is 7. The van der Waals surface area contributed by atoms with Crippen molar-refractivity contribution in [3.8, 4) is 0 Å². The summed E-state index contributed by atoms with van der Waals surface area (Å²) in [5, 5.41) is 0. The lowest BCUT2D eigenvalue weighted by molar-refractivity contribution is -0.227. The summed E-state index contributed by atoms with van der Waals surface area (Å²) in [6.45, 7) is 8.41. The molecule has 4 heteroatoms. The third-order valence-electron chi connectivity index (χ3n) is 10.7. The average Bonchev–Trinajstić information content (AvgIpc) is 3.23. The number of ketones is 2. The second-order valence-corrected chi connectivity index (χ2v) is 12.0. The van der Waals surface area contributed by atoms with Crippen molar-refractivity contribution in [3.63, 3.8) is 0 Å². The molecule has 1 heterocycles. The topological polar surface area (TPSA) is 52.6 Å². The molecular formula is C29H36O4. The number of ether oxygens (including phenoxy) is 2. The first-order valence-corrected chi connectivity index (χ1v) is 12.8. The number of rotatable bonds is 2. The van der Waals surface area contributed by atoms with Gasteiger partial charge in [0.15, 0.2) is 23.0 Å². The van der Waals surface area contributed by atoms with Crippen LogP contribution in [-0.4, -0.2) is 23.3 Å². The smallest absolute Gasteiger partial charge is 0.193 e. The third-order valence-corrected chi connectivity index (χ3v) is 10.7. The maximum Gasteiger partial charge on any atom is 0.193 e. The highest BCUT2D eigenvalue weighted by Gasteiger charge is 2.75. The van der Waals surface area contributed by atoms with Crippen LogP contribution in [0.4, 0.5) is 0 Å². The Labute approximate surface area is 197 Å². The Morgan fingerprint density at radius 3 is 2.48 bits per heavy atom. The zero-order valence-corrected chi connectivity index (χ0v) is 20.4. The Morgan fingerprint density at radius 2 is 1.76 bits per heavy atom. The van der Waals surface area contributed by atoms with Crippen LogP contribution in [0, 0.1) is 28.6 Å². The molecule has 4 aliphatic carbocycles. The predicted molar refractivity (Wildman–Crippen MR) is 125 cm³/mol. The first-order valence-electron chi connectivity index (χ1n) is 12.8. The van der Waals surface area contributed by atoms with Crippen LogP contribution >= 0.6 is 0 Å². The van der Waals surface area contributed by atoms with E-state index < -0.39 is 11.4 Å². The highest BCUT2D eigenvalue weighted by Crippen LogP contribution is 2.71. The summed E-state index contributed by atoms with van der Waals surface area (Å²) in [6, 6.07) is 10.1. The first kappa shape index (κ1) is 21.7. The minimum absolute atomic E-state index is 0.112. The summed E-state index contributed by atoms with van der Waals surface area (Å²) in [5.41, 5.74) is 1.35. The van der Waals surface area contributed by atoms with E-state index in [1.54, 1.807) is 6.92 Å². The molecule has 4 fully saturated rings. The molecule has 1 saturated heterocycles. The van der Waals surface area contributed by atoms with E-state index in [-0.39, 0.29) is 22.7 Å². The van der Waals surface area contributed by atoms with Gasteiger partial charge in [0.25, 0.3) is 0 Å². The van der Waals surface area contributed by atoms with Crippen LogP contribution in [0.5, 0.6) is 0 Å². The summed E-state index contributed by atoms with van der Waals surface area (Å²) in [5.74, 6) is 1.04. The van der Waals surface area contributed by atoms with Crippen LogP contribution in [0.25, 0.3) is 0 Å². The number of carbonyl (C=O) groups excluding carboxylic acids is 2. The molecule has 3 saturated carbocycles. The molecule has 0 bridgehead atoms. The molecular weight excluding hydrogens is 412 g/mol. The Hall–Kier alpha value is -1.78. The summed E-state index contributed by atoms with van der Waals surface area (Å²) in [4.78, 5) is 25.6. The van der Waals surface area contributed by atoms with Crippen LogP contribution in [0.2, 0.25) is 0 Å². The van der Waals surface area contributed by atoms with Crippen molar-refractivity contribution in [2.45, 2.75) is 90.1 Å². The molecule has 33 heavy (non-hydrogen) atoms. The van der Waals surface area contributed by atoms with Gasteiger partial charge in [-0.15, -0.1) is 0 Å². The fourth-order valence-electron chi connectivity index (χ4n) is 9.02. The summed E-state index contributed by atoms with van der Waals surface area (Å²) in [6.07, 6.45) is 8.46. The molecule has 5 aliphatic rings. The molecule has 0 N–H and O–H groups in total. The van der Waals surface area contributed by atoms with Crippen molar-refractivity contribution < 1.29 is 19.1 Å². The Kier molecular flexibility index (Phi) is 4.53. The second kappa shape index (κ2) is 6.88. The Morgan fingerprint density at radius 1 is 1.00 bits per heavy atom. The van der Waals surface area contributed by atoms with E-state index in [0.29, 0.717) is 30.0 Å². The lowest BCUT2D eigenvalue weighted by Gasteiger charge is -2.59. The van der Waals surface area contributed by atoms with Gasteiger partial charge < -0.3 is 9.47 Å². The number of hydrogen-bond donors (Lipinski definition) is 0. The SMILES string of the molecule is CC(=O)[C@@]12O[C@](C)(c3ccccc3)O[C@@H]1C[C@@H]1[C@@H]3CCC4=CC(=O)CC[C@]4(C)[C@H]3CC[C@@]12C. The van der Waals surface area contributed by atoms with Crippen molar-refractivity contribution in [2.24, 2.45) is 28.6 Å². The highest BCUT2D eigenvalue weighted by atomic mass is 16.8. The number of hydrogen-bond acceptors (Lipinski definition) is 4. The Bertz CT molecular complexity index is 1040. The lowest BCUT2D eigenvalue weighted by Crippen LogP contribution is -2.59. The van der Waals surface area contributed by atoms with Crippen molar-refractivity contribution in [1.82, 2.24) is 0 Å². The fourth-order valence-corrected chi connectivity index (χ4v) is 9.02. The molecule has 1 aliphatic heterocycles. The lowest BCUT2D eigenvalue weighted by atomic mass is 9.46. The molecule has 8 atom stereocenters. The maximum absolute atomic E-state index is 13.5. The highest BCUT2D eigenvalue weighted by molar-refractivity contribution is 5.91. The molecule has 0 aromatic heterocycles. The van der Waals surface area contributed by atoms with Crippen molar-refractivity contribution in [1.29, 1.82) is 0 Å². The normalized spacial score (nSPS) is 48.4. The standard InChI is InChI=1S/C29H36O4/c1-18(30)29-25(32-28(4,33-29)19-8-6-5-7-9-19)17-24-22-11-10-20-16-21(31)12-14-26(20,2)23(22)13-15-27(24,29)3/h5-9,16,22-25H,10-15,17H2,1-4H3/t22-,23+,24-,25-,26+,27+,28-,29-/m1/s1. The van der Waals surface area contributed by atoms with Gasteiger partial charge in [0.1, 0.15) is 0 Å². The van der Waals surface area contributed by atoms with Crippen LogP contribution in [0.1, 0.15) is 78.2 Å². The van der Waals surface area contributed by atoms with Gasteiger partial charge in [0.2, 0.25) is 0 Å². The van der Waals surface area contributed by atoms with Crippen LogP contribution < -0.4 is 0 Å². The third kappa shape index (κ3) is 2.65. The van der Waals surface area contributed by atoms with Gasteiger partial charge in [-0.3, -0.25) is 9.59 Å². The molecule has 4 nitrogen and oxygen atoms in total. The van der Waals surface area contributed by atoms with E-state index in [1.165, 1.54) is 5.57 Å². The zero-order chi connectivity index (χ0) is 23.2. The molecule has 0 spiro atoms. The number of allylic oxidation sites excluding steroid dienone is 1. The number of Topliss-reactive ketones (excluding diaryl/α,β-unsaturated/α-hetero) is 1. The van der Waals surface area contributed by atoms with Gasteiger partial charge >= 0.3 is 0 Å². The van der Waals surface area contributed by atoms with E-state index in [9.17, 15) is 9.59 Å². The zero-order valence-electron chi connectivity index (χ0n) is 20.4. The van der Waals surface area contributed by atoms with Gasteiger partial charge in [-0.05, 0) is 81.6 Å². The molecule has 6 rings (SSSR count). The number of carbonyl (C=O) groups is 2. The minimum atomic E-state index is -0.902. The molecule has 0 amide bonds. The van der Waals surface area contributed by atoms with Gasteiger partial charge in [0.05, 0.1) is 6.10 Å². The average molecular weight is 449 g/mol. The predicted octanol–water partition coefficient (Wildman–Crippen LogP) is 5.74. The van der Waals surface area contributed by atoms with Crippen molar-refractivity contribution in [3.05, 3.63) is 47.5 Å². The van der Waals surface area contributed by atoms with E-state index in [1.807, 2.05) is 43.3 Å². The monoisotopic (exact) mass is 448 g/mol. The fraction of sp³-hybridized carbons (Fsp3) is 0.655. The van der Waals surface area contributed by atoms with E-state index in [0.717, 1.165) is 44.1 Å². The maximum atomic E-state index is 13.5. The van der Waals surface area contributed by atoms with Crippen LogP contribution in [0.15, 0.2) is 42.0 Å². The summed E-state index contributed by atoms with van der Waals surface area (Å²) < 4.78 is 13.6. The first-order chi connectivity index (χ1) is 15.6. The van der Waals surface area contributed by atoms with Gasteiger partial charge in [-0.25, -0.2) is 0 Å². The van der Waals surface area contributed by atoms with Gasteiger partial charge in [0, 0.05) is 17.4 Å². The van der Waals surface area contributed by atoms with Gasteiger partial charge in [-0.2, -0.15) is 0 Å². The van der Waals surface area contributed by atoms with Gasteiger partial charge in [-0.1, -0.05) is 49.8 Å². The van der Waals surface area contributed by atoms with Crippen molar-refractivity contribution >= 4 is 11.6 Å². The quantitative estimate of drug-likeness (QED) is 0.579. The molecule has 0 radical (unpaired) electrons. The van der Waals surface area contributed by atoms with Crippen LogP contribution in [0.3, 0.4) is 0 Å². The molecule has 176 valence electrons. The van der Waals surface area contributed by atoms with E-state index >= 15 is 0 Å². The Balaban J connectivity index is 1.38. The largest absolute Gasteiger partial charge is 0.339 e. The summed E-state index contributed by atoms with van der Waals surface area (Å²) in [7, 11) is 0. The van der Waals surface area contributed by atoms with Crippen molar-refractivity contribution in [2.75, 3.05) is 0 Å². The van der Waals surface area contributed by atoms with E-state index in [2.05, 4.69) is 13.8 Å². The minimum Gasteiger partial charge on any atom is -0.339 e.